The van der Waals surface area contributed by atoms with E-state index >= 15 is 0 Å². The van der Waals surface area contributed by atoms with Crippen molar-refractivity contribution in [2.75, 3.05) is 24.9 Å². The van der Waals surface area contributed by atoms with Gasteiger partial charge >= 0.3 is 0 Å². The number of rotatable bonds is 7. The summed E-state index contributed by atoms with van der Waals surface area (Å²) in [7, 11) is 3.15. The summed E-state index contributed by atoms with van der Waals surface area (Å²) in [4.78, 5) is 27.9. The average molecular weight is 391 g/mol. The Morgan fingerprint density at radius 1 is 0.828 bits per heavy atom. The summed E-state index contributed by atoms with van der Waals surface area (Å²) in [6.07, 6.45) is 1.57. The van der Waals surface area contributed by atoms with Crippen molar-refractivity contribution < 1.29 is 19.1 Å². The van der Waals surface area contributed by atoms with Crippen LogP contribution in [0.4, 0.5) is 17.1 Å². The molecule has 2 N–H and O–H groups in total. The fourth-order valence-corrected chi connectivity index (χ4v) is 2.67. The van der Waals surface area contributed by atoms with Gasteiger partial charge in [0.1, 0.15) is 5.69 Å². The van der Waals surface area contributed by atoms with Crippen LogP contribution < -0.4 is 20.1 Å². The Balaban J connectivity index is 1.66. The number of hydrogen-bond acceptors (Lipinski definition) is 6. The Morgan fingerprint density at radius 2 is 1.48 bits per heavy atom. The maximum atomic E-state index is 12.4. The molecule has 29 heavy (non-hydrogen) atoms. The molecule has 0 bridgehead atoms. The van der Waals surface area contributed by atoms with Crippen molar-refractivity contribution in [1.82, 2.24) is 4.98 Å². The number of ether oxygens (including phenoxy) is 2. The second-order valence-corrected chi connectivity index (χ2v) is 6.21. The number of pyridine rings is 1. The summed E-state index contributed by atoms with van der Waals surface area (Å²) in [5.74, 6) is 0.886. The van der Waals surface area contributed by atoms with E-state index in [1.165, 1.54) is 6.92 Å². The summed E-state index contributed by atoms with van der Waals surface area (Å²) in [6, 6.07) is 15.6. The molecule has 1 aromatic heterocycles. The maximum absolute atomic E-state index is 12.4. The quantitative estimate of drug-likeness (QED) is 0.584. The highest BCUT2D eigenvalue weighted by atomic mass is 16.5. The molecule has 3 rings (SSSR count). The number of anilines is 3. The van der Waals surface area contributed by atoms with Gasteiger partial charge in [-0.15, -0.1) is 0 Å². The molecule has 0 aliphatic rings. The maximum Gasteiger partial charge on any atom is 0.274 e. The van der Waals surface area contributed by atoms with Gasteiger partial charge in [-0.05, 0) is 55.5 Å². The largest absolute Gasteiger partial charge is 0.493 e. The SMILES string of the molecule is COc1ccc(Nc2ccc(C(=O)Nc3ccc(C(C)=O)cc3)nc2)cc1OC. The molecule has 7 nitrogen and oxygen atoms in total. The highest BCUT2D eigenvalue weighted by Crippen LogP contribution is 2.31. The minimum Gasteiger partial charge on any atom is -0.493 e. The normalized spacial score (nSPS) is 10.2. The number of hydrogen-bond donors (Lipinski definition) is 2. The van der Waals surface area contributed by atoms with E-state index in [2.05, 4.69) is 15.6 Å². The van der Waals surface area contributed by atoms with Crippen LogP contribution in [0.1, 0.15) is 27.8 Å². The van der Waals surface area contributed by atoms with Gasteiger partial charge in [0.15, 0.2) is 17.3 Å². The molecular formula is C22H21N3O4. The van der Waals surface area contributed by atoms with Gasteiger partial charge in [-0.3, -0.25) is 9.59 Å². The average Bonchev–Trinajstić information content (AvgIpc) is 2.74. The molecule has 0 aliphatic carbocycles. The molecule has 1 amide bonds. The highest BCUT2D eigenvalue weighted by Gasteiger charge is 2.09. The molecule has 0 radical (unpaired) electrons. The molecule has 3 aromatic rings. The Morgan fingerprint density at radius 3 is 2.07 bits per heavy atom. The van der Waals surface area contributed by atoms with E-state index in [1.807, 2.05) is 12.1 Å². The number of carbonyl (C=O) groups is 2. The molecule has 1 heterocycles. The number of nitrogens with one attached hydrogen (secondary N) is 2. The van der Waals surface area contributed by atoms with Crippen LogP contribution in [0.25, 0.3) is 0 Å². The van der Waals surface area contributed by atoms with Gasteiger partial charge in [0.25, 0.3) is 5.91 Å². The molecule has 0 aliphatic heterocycles. The molecule has 0 atom stereocenters. The van der Waals surface area contributed by atoms with Crippen molar-refractivity contribution in [1.29, 1.82) is 0 Å². The summed E-state index contributed by atoms with van der Waals surface area (Å²) >= 11 is 0. The van der Waals surface area contributed by atoms with Gasteiger partial charge in [-0.2, -0.15) is 0 Å². The lowest BCUT2D eigenvalue weighted by molar-refractivity contribution is 0.101. The third-order valence-electron chi connectivity index (χ3n) is 4.22. The van der Waals surface area contributed by atoms with E-state index in [1.54, 1.807) is 62.9 Å². The summed E-state index contributed by atoms with van der Waals surface area (Å²) in [5, 5.41) is 5.96. The van der Waals surface area contributed by atoms with Crippen molar-refractivity contribution in [3.8, 4) is 11.5 Å². The second-order valence-electron chi connectivity index (χ2n) is 6.21. The zero-order valence-electron chi connectivity index (χ0n) is 16.4. The number of methoxy groups -OCH3 is 2. The number of amides is 1. The lowest BCUT2D eigenvalue weighted by Crippen LogP contribution is -2.13. The van der Waals surface area contributed by atoms with Gasteiger partial charge in [0.2, 0.25) is 0 Å². The van der Waals surface area contributed by atoms with Gasteiger partial charge in [0, 0.05) is 23.0 Å². The molecule has 7 heteroatoms. The zero-order valence-corrected chi connectivity index (χ0v) is 16.4. The van der Waals surface area contributed by atoms with Crippen molar-refractivity contribution in [3.05, 3.63) is 72.1 Å². The molecule has 0 unspecified atom stereocenters. The van der Waals surface area contributed by atoms with Crippen LogP contribution in [0.3, 0.4) is 0 Å². The minimum atomic E-state index is -0.335. The topological polar surface area (TPSA) is 89.6 Å². The fourth-order valence-electron chi connectivity index (χ4n) is 2.67. The monoisotopic (exact) mass is 391 g/mol. The minimum absolute atomic E-state index is 0.0258. The van der Waals surface area contributed by atoms with Gasteiger partial charge in [-0.1, -0.05) is 0 Å². The van der Waals surface area contributed by atoms with Crippen LogP contribution in [0.2, 0.25) is 0 Å². The van der Waals surface area contributed by atoms with Crippen molar-refractivity contribution in [2.24, 2.45) is 0 Å². The number of Topliss-reactive ketones (excluding diaryl/α,β-unsaturated/α-hetero) is 1. The lowest BCUT2D eigenvalue weighted by Gasteiger charge is -2.11. The number of carbonyl (C=O) groups excluding carboxylic acids is 2. The van der Waals surface area contributed by atoms with E-state index in [0.29, 0.717) is 22.7 Å². The Bertz CT molecular complexity index is 1020. The standard InChI is InChI=1S/C22H21N3O4/c1-14(26)15-4-6-16(7-5-15)25-22(27)19-10-8-18(13-23-19)24-17-9-11-20(28-2)21(12-17)29-3/h4-13,24H,1-3H3,(H,25,27). The Hall–Kier alpha value is -3.87. The van der Waals surface area contributed by atoms with Gasteiger partial charge in [-0.25, -0.2) is 4.98 Å². The van der Waals surface area contributed by atoms with Crippen molar-refractivity contribution in [2.45, 2.75) is 6.92 Å². The first kappa shape index (κ1) is 19.9. The molecule has 0 fully saturated rings. The predicted molar refractivity (Wildman–Crippen MR) is 111 cm³/mol. The van der Waals surface area contributed by atoms with E-state index in [4.69, 9.17) is 9.47 Å². The summed E-state index contributed by atoms with van der Waals surface area (Å²) in [6.45, 7) is 1.50. The van der Waals surface area contributed by atoms with Crippen LogP contribution in [-0.2, 0) is 0 Å². The first-order valence-corrected chi connectivity index (χ1v) is 8.87. The summed E-state index contributed by atoms with van der Waals surface area (Å²) in [5.41, 5.74) is 2.98. The Kier molecular flexibility index (Phi) is 6.09. The molecule has 148 valence electrons. The van der Waals surface area contributed by atoms with Crippen LogP contribution in [0.5, 0.6) is 11.5 Å². The molecular weight excluding hydrogens is 370 g/mol. The first-order valence-electron chi connectivity index (χ1n) is 8.87. The number of benzene rings is 2. The van der Waals surface area contributed by atoms with E-state index < -0.39 is 0 Å². The second kappa shape index (κ2) is 8.88. The third kappa shape index (κ3) is 4.90. The van der Waals surface area contributed by atoms with Crippen LogP contribution in [0.15, 0.2) is 60.8 Å². The number of nitrogens with zero attached hydrogens (tertiary/aromatic N) is 1. The molecule has 0 saturated carbocycles. The van der Waals surface area contributed by atoms with Gasteiger partial charge < -0.3 is 20.1 Å². The van der Waals surface area contributed by atoms with E-state index in [9.17, 15) is 9.59 Å². The lowest BCUT2D eigenvalue weighted by atomic mass is 10.1. The van der Waals surface area contributed by atoms with E-state index in [-0.39, 0.29) is 17.4 Å². The smallest absolute Gasteiger partial charge is 0.274 e. The highest BCUT2D eigenvalue weighted by molar-refractivity contribution is 6.03. The van der Waals surface area contributed by atoms with Gasteiger partial charge in [0.05, 0.1) is 26.1 Å². The fraction of sp³-hybridized carbons (Fsp3) is 0.136. The molecule has 2 aromatic carbocycles. The van der Waals surface area contributed by atoms with Crippen LogP contribution >= 0.6 is 0 Å². The zero-order chi connectivity index (χ0) is 20.8. The first-order chi connectivity index (χ1) is 14.0. The van der Waals surface area contributed by atoms with Crippen LogP contribution in [-0.4, -0.2) is 30.9 Å². The predicted octanol–water partition coefficient (Wildman–Crippen LogP) is 4.30. The van der Waals surface area contributed by atoms with Crippen molar-refractivity contribution >= 4 is 28.8 Å². The summed E-state index contributed by atoms with van der Waals surface area (Å²) < 4.78 is 10.5. The number of aromatic nitrogens is 1. The van der Waals surface area contributed by atoms with Crippen molar-refractivity contribution in [3.63, 3.8) is 0 Å². The Labute approximate surface area is 168 Å². The number of ketones is 1. The van der Waals surface area contributed by atoms with E-state index in [0.717, 1.165) is 11.4 Å². The van der Waals surface area contributed by atoms with Crippen LogP contribution in [0, 0.1) is 0 Å². The molecule has 0 saturated heterocycles. The third-order valence-corrected chi connectivity index (χ3v) is 4.22. The molecule has 0 spiro atoms.